The van der Waals surface area contributed by atoms with Crippen molar-refractivity contribution < 1.29 is 135 Å². The number of carboxylic acid groups (broad SMARTS) is 1. The zero-order valence-corrected chi connectivity index (χ0v) is 36.7. The number of ether oxygens (including phenoxy) is 1. The van der Waals surface area contributed by atoms with Crippen LogP contribution in [0.3, 0.4) is 0 Å². The fourth-order valence-electron chi connectivity index (χ4n) is 3.16. The van der Waals surface area contributed by atoms with E-state index in [0.717, 1.165) is 0 Å². The molecule has 12 heteroatoms. The Morgan fingerprint density at radius 3 is 1.00 bits per heavy atom. The predicted octanol–water partition coefficient (Wildman–Crippen LogP) is -1.83. The Kier molecular flexibility index (Phi) is 40.3. The average Bonchev–Trinajstić information content (AvgIpc) is 2.48. The van der Waals surface area contributed by atoms with Crippen molar-refractivity contribution in [2.75, 3.05) is 0 Å². The molecule has 0 atom stereocenters. The van der Waals surface area contributed by atoms with Crippen LogP contribution in [0.5, 0.6) is 0 Å². The van der Waals surface area contributed by atoms with Gasteiger partial charge in [-0.15, -0.1) is 11.6 Å². The molecular formula is C24H56Cl2K2O4Si4. The molecule has 0 amide bonds. The Bertz CT molecular complexity index is 598. The minimum atomic E-state index is -1.45. The van der Waals surface area contributed by atoms with E-state index in [4.69, 9.17) is 16.3 Å². The molecule has 4 nitrogen and oxygen atoms in total. The second-order valence-corrected chi connectivity index (χ2v) is 35.9. The third-order valence-corrected chi connectivity index (χ3v) is 24.8. The van der Waals surface area contributed by atoms with Crippen molar-refractivity contribution in [1.82, 2.24) is 0 Å². The first-order valence-corrected chi connectivity index (χ1v) is 25.4. The summed E-state index contributed by atoms with van der Waals surface area (Å²) in [5.41, 5.74) is 0.562. The third-order valence-electron chi connectivity index (χ3n) is 4.02. The average molecular weight is 670 g/mol. The van der Waals surface area contributed by atoms with Crippen molar-refractivity contribution in [3.63, 3.8) is 0 Å². The number of carbonyl (C=O) groups is 2. The van der Waals surface area contributed by atoms with E-state index in [9.17, 15) is 14.7 Å². The molecule has 0 unspecified atom stereocenters. The summed E-state index contributed by atoms with van der Waals surface area (Å²) < 4.78 is 6.14. The van der Waals surface area contributed by atoms with Gasteiger partial charge >= 0.3 is 109 Å². The van der Waals surface area contributed by atoms with E-state index in [0.29, 0.717) is 10.2 Å². The summed E-state index contributed by atoms with van der Waals surface area (Å²) in [6.07, 6.45) is 0. The van der Waals surface area contributed by atoms with Crippen LogP contribution in [0.25, 0.3) is 0 Å². The van der Waals surface area contributed by atoms with Crippen molar-refractivity contribution in [2.45, 2.75) is 117 Å². The van der Waals surface area contributed by atoms with E-state index in [-0.39, 0.29) is 147 Å². The van der Waals surface area contributed by atoms with Gasteiger partial charge in [0, 0.05) is 10.2 Å². The van der Waals surface area contributed by atoms with Crippen molar-refractivity contribution in [2.24, 2.45) is 0 Å². The molecule has 0 aliphatic carbocycles. The molecular weight excluding hydrogens is 614 g/mol. The summed E-state index contributed by atoms with van der Waals surface area (Å²) in [4.78, 5) is 21.1. The number of hydrogen-bond acceptors (Lipinski definition) is 4. The summed E-state index contributed by atoms with van der Waals surface area (Å²) in [7, 11) is -5.04. The SMILES string of the molecule is C.C.C=C(C)C(=O)OC([Si](C)(C)C)[Si](C)(C)C.C=C(C)C(=O)[O-].C[Si](C)(C)C(Cl)[Si](C)(C)C.[Cl-].[K+].[K+]. The Hall–Kier alpha value is 3.14. The molecule has 0 rings (SSSR count). The molecule has 36 heavy (non-hydrogen) atoms. The fourth-order valence-corrected chi connectivity index (χ4v) is 24.9. The maximum Gasteiger partial charge on any atom is 1.00 e. The predicted molar refractivity (Wildman–Crippen MR) is 161 cm³/mol. The first-order chi connectivity index (χ1) is 13.3. The summed E-state index contributed by atoms with van der Waals surface area (Å²) in [6.45, 7) is 37.4. The van der Waals surface area contributed by atoms with E-state index in [1.807, 2.05) is 0 Å². The smallest absolute Gasteiger partial charge is 1.00 e. The summed E-state index contributed by atoms with van der Waals surface area (Å²) in [5, 5.41) is 9.65. The topological polar surface area (TPSA) is 66.4 Å². The van der Waals surface area contributed by atoms with Gasteiger partial charge in [-0.25, -0.2) is 4.79 Å². The summed E-state index contributed by atoms with van der Waals surface area (Å²) in [6, 6.07) is 0. The molecule has 0 aromatic carbocycles. The molecule has 0 aromatic heterocycles. The van der Waals surface area contributed by atoms with Gasteiger partial charge in [0.1, 0.15) is 0 Å². The maximum absolute atomic E-state index is 11.6. The van der Waals surface area contributed by atoms with Crippen molar-refractivity contribution in [1.29, 1.82) is 0 Å². The molecule has 0 aliphatic rings. The van der Waals surface area contributed by atoms with Gasteiger partial charge in [-0.3, -0.25) is 0 Å². The Morgan fingerprint density at radius 2 is 0.917 bits per heavy atom. The number of rotatable bonds is 7. The van der Waals surface area contributed by atoms with E-state index < -0.39 is 38.3 Å². The molecule has 0 spiro atoms. The summed E-state index contributed by atoms with van der Waals surface area (Å²) >= 11 is 6.36. The van der Waals surface area contributed by atoms with Crippen LogP contribution in [-0.2, 0) is 14.3 Å². The van der Waals surface area contributed by atoms with E-state index in [2.05, 4.69) is 91.7 Å². The molecule has 0 heterocycles. The van der Waals surface area contributed by atoms with E-state index >= 15 is 0 Å². The van der Waals surface area contributed by atoms with Crippen LogP contribution in [-0.4, -0.2) is 54.2 Å². The first-order valence-electron chi connectivity index (χ1n) is 10.6. The fraction of sp³-hybridized carbons (Fsp3) is 0.750. The van der Waals surface area contributed by atoms with Gasteiger partial charge in [-0.05, 0) is 19.4 Å². The van der Waals surface area contributed by atoms with Crippen LogP contribution in [0.2, 0.25) is 78.6 Å². The van der Waals surface area contributed by atoms with Gasteiger partial charge in [0.05, 0.1) is 43.6 Å². The molecule has 0 N–H and O–H groups in total. The van der Waals surface area contributed by atoms with Crippen LogP contribution in [0.1, 0.15) is 28.7 Å². The molecule has 0 saturated carbocycles. The van der Waals surface area contributed by atoms with Gasteiger partial charge in [-0.1, -0.05) is 107 Å². The molecule has 0 aliphatic heterocycles. The molecule has 0 saturated heterocycles. The van der Waals surface area contributed by atoms with Crippen LogP contribution < -0.4 is 120 Å². The van der Waals surface area contributed by atoms with Gasteiger partial charge in [0.15, 0.2) is 0 Å². The van der Waals surface area contributed by atoms with Crippen LogP contribution in [0.15, 0.2) is 24.3 Å². The first kappa shape index (κ1) is 58.7. The van der Waals surface area contributed by atoms with E-state index in [1.54, 1.807) is 6.92 Å². The number of esters is 1. The van der Waals surface area contributed by atoms with Crippen molar-refractivity contribution in [3.05, 3.63) is 24.3 Å². The van der Waals surface area contributed by atoms with Gasteiger partial charge < -0.3 is 27.0 Å². The quantitative estimate of drug-likeness (QED) is 0.139. The monoisotopic (exact) mass is 668 g/mol. The Balaban J connectivity index is -0.0000000550. The third kappa shape index (κ3) is 31.7. The molecule has 0 radical (unpaired) electrons. The minimum Gasteiger partial charge on any atom is -1.00 e. The number of carbonyl (C=O) groups excluding carboxylic acids is 2. The van der Waals surface area contributed by atoms with E-state index in [1.165, 1.54) is 6.92 Å². The Morgan fingerprint density at radius 1 is 0.694 bits per heavy atom. The summed E-state index contributed by atoms with van der Waals surface area (Å²) in [5.74, 6) is -1.42. The zero-order chi connectivity index (χ0) is 26.2. The zero-order valence-electron chi connectivity index (χ0n) is 25.0. The number of alkyl halides is 1. The Labute approximate surface area is 326 Å². The minimum absolute atomic E-state index is 0. The molecule has 208 valence electrons. The largest absolute Gasteiger partial charge is 1.00 e. The van der Waals surface area contributed by atoms with Gasteiger partial charge in [-0.2, -0.15) is 0 Å². The number of carboxylic acids is 1. The molecule has 0 fully saturated rings. The second kappa shape index (κ2) is 24.7. The van der Waals surface area contributed by atoms with Crippen molar-refractivity contribution in [3.8, 4) is 0 Å². The number of halogens is 2. The number of aliphatic carboxylic acids is 1. The van der Waals surface area contributed by atoms with Crippen LogP contribution in [0.4, 0.5) is 0 Å². The van der Waals surface area contributed by atoms with Crippen LogP contribution in [0, 0.1) is 0 Å². The standard InChI is InChI=1S/C11H24O2Si2.C7H19ClSi2.C4H6O2.2CH4.ClH.2K/c1-9(2)10(12)13-11(14(3,4)5)15(6,7)8;1-9(2,3)7(8)10(4,5)6;1-3(2)4(5)6;;;;;/h11H,1H2,2-8H3;7H,1-6H3;1H2,2H3,(H,5,6);2*1H4;1H;;/q;;;;;;2*+1/p-2. The van der Waals surface area contributed by atoms with Gasteiger partial charge in [0.2, 0.25) is 0 Å². The second-order valence-electron chi connectivity index (χ2n) is 12.5. The van der Waals surface area contributed by atoms with Crippen molar-refractivity contribution >= 4 is 55.8 Å². The van der Waals surface area contributed by atoms with Crippen LogP contribution >= 0.6 is 11.6 Å². The number of hydrogen-bond donors (Lipinski definition) is 0. The van der Waals surface area contributed by atoms with Gasteiger partial charge in [0.25, 0.3) is 0 Å². The molecule has 0 bridgehead atoms. The normalized spacial score (nSPS) is 10.6. The maximum atomic E-state index is 11.6. The molecule has 0 aromatic rings.